The summed E-state index contributed by atoms with van der Waals surface area (Å²) in [6, 6.07) is 0.294. The summed E-state index contributed by atoms with van der Waals surface area (Å²) in [5.74, 6) is 1.60. The predicted molar refractivity (Wildman–Crippen MR) is 80.7 cm³/mol. The Labute approximate surface area is 126 Å². The van der Waals surface area contributed by atoms with Crippen LogP contribution in [0.15, 0.2) is 5.10 Å². The first-order valence-electron chi connectivity index (χ1n) is 8.28. The van der Waals surface area contributed by atoms with Crippen LogP contribution in [0, 0.1) is 11.8 Å². The molecule has 1 N–H and O–H groups in total. The van der Waals surface area contributed by atoms with E-state index in [0.29, 0.717) is 24.6 Å². The van der Waals surface area contributed by atoms with E-state index >= 15 is 0 Å². The second kappa shape index (κ2) is 6.16. The third-order valence-electron chi connectivity index (χ3n) is 5.34. The van der Waals surface area contributed by atoms with Crippen LogP contribution in [0.1, 0.15) is 57.8 Å². The van der Waals surface area contributed by atoms with Crippen molar-refractivity contribution in [2.45, 2.75) is 63.8 Å². The van der Waals surface area contributed by atoms with Gasteiger partial charge in [0.1, 0.15) is 5.71 Å². The number of hydrogen-bond acceptors (Lipinski definition) is 3. The third-order valence-corrected chi connectivity index (χ3v) is 5.34. The fourth-order valence-corrected chi connectivity index (χ4v) is 4.11. The third kappa shape index (κ3) is 3.27. The molecule has 2 saturated carbocycles. The largest absolute Gasteiger partial charge is 0.348 e. The highest BCUT2D eigenvalue weighted by Gasteiger charge is 2.33. The molecule has 3 rings (SSSR count). The van der Waals surface area contributed by atoms with Gasteiger partial charge in [-0.25, -0.2) is 5.01 Å². The number of rotatable bonds is 2. The first-order chi connectivity index (χ1) is 10.1. The molecule has 21 heavy (non-hydrogen) atoms. The van der Waals surface area contributed by atoms with Crippen molar-refractivity contribution in [1.82, 2.24) is 10.3 Å². The minimum atomic E-state index is -0.0754. The topological polar surface area (TPSA) is 61.8 Å². The maximum absolute atomic E-state index is 12.3. The van der Waals surface area contributed by atoms with Gasteiger partial charge in [0.25, 0.3) is 5.91 Å². The fourth-order valence-electron chi connectivity index (χ4n) is 4.11. The SMILES string of the molecule is CN1N=C(C(=O)N[C@@H]2CC[C@@H]3CCCC[C@H]3C2)CCC1=O. The van der Waals surface area contributed by atoms with Crippen LogP contribution in [-0.2, 0) is 9.59 Å². The van der Waals surface area contributed by atoms with Crippen LogP contribution >= 0.6 is 0 Å². The van der Waals surface area contributed by atoms with Gasteiger partial charge in [0.05, 0.1) is 0 Å². The molecule has 0 aromatic heterocycles. The second-order valence-electron chi connectivity index (χ2n) is 6.75. The van der Waals surface area contributed by atoms with E-state index in [2.05, 4.69) is 10.4 Å². The van der Waals surface area contributed by atoms with Crippen molar-refractivity contribution in [1.29, 1.82) is 0 Å². The van der Waals surface area contributed by atoms with Gasteiger partial charge in [-0.2, -0.15) is 5.10 Å². The van der Waals surface area contributed by atoms with Gasteiger partial charge in [-0.15, -0.1) is 0 Å². The summed E-state index contributed by atoms with van der Waals surface area (Å²) in [6.45, 7) is 0. The van der Waals surface area contributed by atoms with Gasteiger partial charge in [-0.05, 0) is 31.1 Å². The number of amides is 2. The van der Waals surface area contributed by atoms with Crippen molar-refractivity contribution in [3.05, 3.63) is 0 Å². The molecule has 2 amide bonds. The summed E-state index contributed by atoms with van der Waals surface area (Å²) >= 11 is 0. The van der Waals surface area contributed by atoms with E-state index in [1.807, 2.05) is 0 Å². The molecule has 2 fully saturated rings. The molecule has 2 aliphatic carbocycles. The minimum absolute atomic E-state index is 0.0192. The first kappa shape index (κ1) is 14.5. The van der Waals surface area contributed by atoms with Crippen LogP contribution in [0.5, 0.6) is 0 Å². The Morgan fingerprint density at radius 3 is 2.67 bits per heavy atom. The average Bonchev–Trinajstić information content (AvgIpc) is 2.50. The van der Waals surface area contributed by atoms with Gasteiger partial charge in [-0.3, -0.25) is 9.59 Å². The molecule has 0 radical (unpaired) electrons. The molecule has 0 unspecified atom stereocenters. The predicted octanol–water partition coefficient (Wildman–Crippen LogP) is 2.07. The zero-order valence-electron chi connectivity index (χ0n) is 12.8. The molecule has 116 valence electrons. The van der Waals surface area contributed by atoms with Crippen molar-refractivity contribution in [3.63, 3.8) is 0 Å². The summed E-state index contributed by atoms with van der Waals surface area (Å²) in [5.41, 5.74) is 0.503. The van der Waals surface area contributed by atoms with Crippen molar-refractivity contribution >= 4 is 17.5 Å². The average molecular weight is 291 g/mol. The molecule has 3 aliphatic rings. The lowest BCUT2D eigenvalue weighted by atomic mass is 9.69. The lowest BCUT2D eigenvalue weighted by Crippen LogP contribution is -2.45. The zero-order chi connectivity index (χ0) is 14.8. The summed E-state index contributed by atoms with van der Waals surface area (Å²) in [5, 5.41) is 8.54. The second-order valence-corrected chi connectivity index (χ2v) is 6.75. The standard InChI is InChI=1S/C16H25N3O2/c1-19-15(20)9-8-14(18-19)16(21)17-13-7-6-11-4-2-3-5-12(11)10-13/h11-13H,2-10H2,1H3,(H,17,21)/t11-,12-,13+/m0/s1. The molecule has 5 heteroatoms. The maximum Gasteiger partial charge on any atom is 0.267 e. The highest BCUT2D eigenvalue weighted by atomic mass is 16.2. The molecule has 1 heterocycles. The van der Waals surface area contributed by atoms with Crippen LogP contribution in [-0.4, -0.2) is 35.6 Å². The number of hydrogen-bond donors (Lipinski definition) is 1. The van der Waals surface area contributed by atoms with Crippen molar-refractivity contribution in [2.24, 2.45) is 16.9 Å². The molecule has 5 nitrogen and oxygen atoms in total. The summed E-state index contributed by atoms with van der Waals surface area (Å²) < 4.78 is 0. The van der Waals surface area contributed by atoms with Crippen LogP contribution in [0.4, 0.5) is 0 Å². The Kier molecular flexibility index (Phi) is 4.27. The molecule has 3 atom stereocenters. The maximum atomic E-state index is 12.3. The van der Waals surface area contributed by atoms with Crippen LogP contribution in [0.2, 0.25) is 0 Å². The van der Waals surface area contributed by atoms with Crippen LogP contribution in [0.3, 0.4) is 0 Å². The Bertz CT molecular complexity index is 460. The lowest BCUT2D eigenvalue weighted by Gasteiger charge is -2.39. The van der Waals surface area contributed by atoms with Crippen molar-refractivity contribution < 1.29 is 9.59 Å². The Morgan fingerprint density at radius 2 is 1.90 bits per heavy atom. The van der Waals surface area contributed by atoms with Gasteiger partial charge in [0, 0.05) is 25.9 Å². The number of fused-ring (bicyclic) bond motifs is 1. The fraction of sp³-hybridized carbons (Fsp3) is 0.812. The quantitative estimate of drug-likeness (QED) is 0.846. The molecular formula is C16H25N3O2. The summed E-state index contributed by atoms with van der Waals surface area (Å²) in [4.78, 5) is 23.7. The summed E-state index contributed by atoms with van der Waals surface area (Å²) in [6.07, 6.45) is 9.76. The molecule has 0 aromatic rings. The molecular weight excluding hydrogens is 266 g/mol. The normalized spacial score (nSPS) is 33.2. The first-order valence-corrected chi connectivity index (χ1v) is 8.28. The van der Waals surface area contributed by atoms with Gasteiger partial charge in [0.2, 0.25) is 5.91 Å². The highest BCUT2D eigenvalue weighted by Crippen LogP contribution is 2.40. The van der Waals surface area contributed by atoms with E-state index in [-0.39, 0.29) is 11.8 Å². The van der Waals surface area contributed by atoms with Crippen molar-refractivity contribution in [2.75, 3.05) is 7.05 Å². The van der Waals surface area contributed by atoms with Crippen LogP contribution < -0.4 is 5.32 Å². The zero-order valence-corrected chi connectivity index (χ0v) is 12.8. The van der Waals surface area contributed by atoms with Gasteiger partial charge in [0.15, 0.2) is 0 Å². The monoisotopic (exact) mass is 291 g/mol. The molecule has 0 bridgehead atoms. The number of nitrogens with zero attached hydrogens (tertiary/aromatic N) is 2. The number of carbonyl (C=O) groups is 2. The number of hydrazone groups is 1. The summed E-state index contributed by atoms with van der Waals surface area (Å²) in [7, 11) is 1.61. The van der Waals surface area contributed by atoms with E-state index in [1.165, 1.54) is 37.1 Å². The van der Waals surface area contributed by atoms with Crippen LogP contribution in [0.25, 0.3) is 0 Å². The van der Waals surface area contributed by atoms with Gasteiger partial charge in [-0.1, -0.05) is 25.7 Å². The Morgan fingerprint density at radius 1 is 1.14 bits per heavy atom. The molecule has 0 spiro atoms. The Hall–Kier alpha value is -1.39. The van der Waals surface area contributed by atoms with Crippen molar-refractivity contribution in [3.8, 4) is 0 Å². The smallest absolute Gasteiger partial charge is 0.267 e. The molecule has 0 saturated heterocycles. The van der Waals surface area contributed by atoms with Gasteiger partial charge < -0.3 is 5.32 Å². The van der Waals surface area contributed by atoms with Gasteiger partial charge >= 0.3 is 0 Å². The van der Waals surface area contributed by atoms with E-state index in [4.69, 9.17) is 0 Å². The minimum Gasteiger partial charge on any atom is -0.348 e. The number of nitrogens with one attached hydrogen (secondary N) is 1. The van der Waals surface area contributed by atoms with E-state index < -0.39 is 0 Å². The van der Waals surface area contributed by atoms with E-state index in [9.17, 15) is 9.59 Å². The Balaban J connectivity index is 1.55. The van der Waals surface area contributed by atoms with E-state index in [1.54, 1.807) is 7.05 Å². The highest BCUT2D eigenvalue weighted by molar-refractivity contribution is 6.39. The number of carbonyl (C=O) groups excluding carboxylic acids is 2. The lowest BCUT2D eigenvalue weighted by molar-refractivity contribution is -0.130. The molecule has 1 aliphatic heterocycles. The van der Waals surface area contributed by atoms with E-state index in [0.717, 1.165) is 24.7 Å². The molecule has 0 aromatic carbocycles.